The summed E-state index contributed by atoms with van der Waals surface area (Å²) in [7, 11) is -1.38. The van der Waals surface area contributed by atoms with E-state index in [-0.39, 0.29) is 23.4 Å². The Bertz CT molecular complexity index is 515. The summed E-state index contributed by atoms with van der Waals surface area (Å²) in [6.45, 7) is 0.484. The summed E-state index contributed by atoms with van der Waals surface area (Å²) < 4.78 is 35.6. The highest BCUT2D eigenvalue weighted by Crippen LogP contribution is 2.19. The van der Waals surface area contributed by atoms with Crippen molar-refractivity contribution in [1.29, 1.82) is 0 Å². The minimum absolute atomic E-state index is 0.0220. The summed E-state index contributed by atoms with van der Waals surface area (Å²) >= 11 is 0. The molecule has 2 rings (SSSR count). The summed E-state index contributed by atoms with van der Waals surface area (Å²) in [5.41, 5.74) is 0.885. The maximum atomic E-state index is 12.8. The molecule has 0 spiro atoms. The Morgan fingerprint density at radius 1 is 1.33 bits per heavy atom. The first kappa shape index (κ1) is 13.5. The summed E-state index contributed by atoms with van der Waals surface area (Å²) in [5.74, 6) is -0.498. The van der Waals surface area contributed by atoms with E-state index in [2.05, 4.69) is 0 Å². The molecule has 1 aliphatic rings. The Morgan fingerprint density at radius 2 is 1.94 bits per heavy atom. The third kappa shape index (κ3) is 3.07. The molecule has 1 heterocycles. The zero-order valence-corrected chi connectivity index (χ0v) is 10.9. The van der Waals surface area contributed by atoms with E-state index < -0.39 is 15.9 Å². The molecule has 0 aromatic heterocycles. The van der Waals surface area contributed by atoms with E-state index in [0.717, 1.165) is 5.56 Å². The lowest BCUT2D eigenvalue weighted by Gasteiger charge is -2.25. The van der Waals surface area contributed by atoms with E-state index in [1.54, 1.807) is 24.1 Å². The highest BCUT2D eigenvalue weighted by Gasteiger charge is 2.38. The van der Waals surface area contributed by atoms with Gasteiger partial charge in [0.2, 0.25) is 0 Å². The Hall–Kier alpha value is -0.980. The SMILES string of the molecule is CN(Cc1ccc(F)cc1)C1CS(=O)(=O)CC1O. The van der Waals surface area contributed by atoms with Crippen LogP contribution < -0.4 is 0 Å². The van der Waals surface area contributed by atoms with Gasteiger partial charge in [0.05, 0.1) is 23.7 Å². The molecule has 1 N–H and O–H groups in total. The van der Waals surface area contributed by atoms with Gasteiger partial charge in [0, 0.05) is 6.54 Å². The van der Waals surface area contributed by atoms with E-state index >= 15 is 0 Å². The number of halogens is 1. The van der Waals surface area contributed by atoms with Gasteiger partial charge in [-0.15, -0.1) is 0 Å². The van der Waals surface area contributed by atoms with Crippen LogP contribution in [0.3, 0.4) is 0 Å². The number of sulfone groups is 1. The molecule has 1 saturated heterocycles. The molecule has 4 nitrogen and oxygen atoms in total. The number of hydrogen-bond acceptors (Lipinski definition) is 4. The molecule has 0 aliphatic carbocycles. The highest BCUT2D eigenvalue weighted by molar-refractivity contribution is 7.91. The third-order valence-corrected chi connectivity index (χ3v) is 4.90. The standard InChI is InChI=1S/C12H16FNO3S/c1-14(6-9-2-4-10(13)5-3-9)11-7-18(16,17)8-12(11)15/h2-5,11-12,15H,6-8H2,1H3. The lowest BCUT2D eigenvalue weighted by Crippen LogP contribution is -2.40. The van der Waals surface area contributed by atoms with Crippen LogP contribution in [0.15, 0.2) is 24.3 Å². The first-order chi connectivity index (χ1) is 8.37. The van der Waals surface area contributed by atoms with Crippen LogP contribution in [-0.4, -0.2) is 49.1 Å². The van der Waals surface area contributed by atoms with Crippen LogP contribution in [0.5, 0.6) is 0 Å². The Balaban J connectivity index is 2.04. The fraction of sp³-hybridized carbons (Fsp3) is 0.500. The molecule has 1 aliphatic heterocycles. The van der Waals surface area contributed by atoms with Crippen molar-refractivity contribution in [3.05, 3.63) is 35.6 Å². The van der Waals surface area contributed by atoms with Gasteiger partial charge in [-0.1, -0.05) is 12.1 Å². The first-order valence-corrected chi connectivity index (χ1v) is 7.53. The van der Waals surface area contributed by atoms with Crippen molar-refractivity contribution in [1.82, 2.24) is 4.90 Å². The number of benzene rings is 1. The van der Waals surface area contributed by atoms with Crippen molar-refractivity contribution in [2.24, 2.45) is 0 Å². The first-order valence-electron chi connectivity index (χ1n) is 5.70. The van der Waals surface area contributed by atoms with Gasteiger partial charge in [0.15, 0.2) is 9.84 Å². The smallest absolute Gasteiger partial charge is 0.154 e. The number of aliphatic hydroxyl groups excluding tert-OH is 1. The summed E-state index contributed by atoms with van der Waals surface area (Å²) in [6, 6.07) is 5.65. The molecule has 1 aromatic carbocycles. The second-order valence-electron chi connectivity index (χ2n) is 4.75. The molecule has 2 unspecified atom stereocenters. The topological polar surface area (TPSA) is 57.6 Å². The van der Waals surface area contributed by atoms with Crippen LogP contribution in [-0.2, 0) is 16.4 Å². The maximum absolute atomic E-state index is 12.8. The Labute approximate surface area is 106 Å². The van der Waals surface area contributed by atoms with Crippen molar-refractivity contribution in [3.63, 3.8) is 0 Å². The lowest BCUT2D eigenvalue weighted by molar-refractivity contribution is 0.0958. The second-order valence-corrected chi connectivity index (χ2v) is 6.91. The fourth-order valence-corrected chi connectivity index (χ4v) is 4.10. The van der Waals surface area contributed by atoms with Gasteiger partial charge >= 0.3 is 0 Å². The normalized spacial score (nSPS) is 26.7. The van der Waals surface area contributed by atoms with Crippen molar-refractivity contribution in [3.8, 4) is 0 Å². The second kappa shape index (κ2) is 4.95. The molecule has 0 radical (unpaired) electrons. The molecule has 0 saturated carbocycles. The summed E-state index contributed by atoms with van der Waals surface area (Å²) in [6.07, 6.45) is -0.847. The largest absolute Gasteiger partial charge is 0.390 e. The lowest BCUT2D eigenvalue weighted by atomic mass is 10.1. The predicted molar refractivity (Wildman–Crippen MR) is 66.3 cm³/mol. The third-order valence-electron chi connectivity index (χ3n) is 3.20. The quantitative estimate of drug-likeness (QED) is 0.867. The monoisotopic (exact) mass is 273 g/mol. The van der Waals surface area contributed by atoms with Crippen LogP contribution in [0.1, 0.15) is 5.56 Å². The van der Waals surface area contributed by atoms with Crippen LogP contribution in [0.25, 0.3) is 0 Å². The highest BCUT2D eigenvalue weighted by atomic mass is 32.2. The minimum atomic E-state index is -3.14. The predicted octanol–water partition coefficient (Wildman–Crippen LogP) is 0.415. The zero-order valence-electron chi connectivity index (χ0n) is 10.1. The van der Waals surface area contributed by atoms with Gasteiger partial charge in [-0.25, -0.2) is 12.8 Å². The average molecular weight is 273 g/mol. The Kier molecular flexibility index (Phi) is 3.70. The molecule has 2 atom stereocenters. The maximum Gasteiger partial charge on any atom is 0.154 e. The van der Waals surface area contributed by atoms with Crippen molar-refractivity contribution < 1.29 is 17.9 Å². The van der Waals surface area contributed by atoms with E-state index in [1.165, 1.54) is 12.1 Å². The molecular formula is C12H16FNO3S. The summed E-state index contributed by atoms with van der Waals surface area (Å²) in [5, 5.41) is 9.74. The number of likely N-dealkylation sites (N-methyl/N-ethyl adjacent to an activating group) is 1. The number of rotatable bonds is 3. The molecular weight excluding hydrogens is 257 g/mol. The minimum Gasteiger partial charge on any atom is -0.390 e. The van der Waals surface area contributed by atoms with Crippen LogP contribution in [0.4, 0.5) is 4.39 Å². The molecule has 6 heteroatoms. The van der Waals surface area contributed by atoms with E-state index in [0.29, 0.717) is 6.54 Å². The van der Waals surface area contributed by atoms with Crippen molar-refractivity contribution >= 4 is 9.84 Å². The van der Waals surface area contributed by atoms with E-state index in [1.807, 2.05) is 0 Å². The van der Waals surface area contributed by atoms with Crippen LogP contribution >= 0.6 is 0 Å². The van der Waals surface area contributed by atoms with Crippen molar-refractivity contribution in [2.75, 3.05) is 18.6 Å². The van der Waals surface area contributed by atoms with Crippen LogP contribution in [0.2, 0.25) is 0 Å². The molecule has 100 valence electrons. The van der Waals surface area contributed by atoms with Gasteiger partial charge in [0.25, 0.3) is 0 Å². The van der Waals surface area contributed by atoms with Crippen molar-refractivity contribution in [2.45, 2.75) is 18.7 Å². The number of hydrogen-bond donors (Lipinski definition) is 1. The Morgan fingerprint density at radius 3 is 2.44 bits per heavy atom. The zero-order chi connectivity index (χ0) is 13.3. The van der Waals surface area contributed by atoms with Gasteiger partial charge in [-0.2, -0.15) is 0 Å². The van der Waals surface area contributed by atoms with Gasteiger partial charge in [-0.05, 0) is 24.7 Å². The van der Waals surface area contributed by atoms with Crippen LogP contribution in [0, 0.1) is 5.82 Å². The van der Waals surface area contributed by atoms with E-state index in [4.69, 9.17) is 0 Å². The number of aliphatic hydroxyl groups is 1. The van der Waals surface area contributed by atoms with Gasteiger partial charge in [0.1, 0.15) is 5.82 Å². The molecule has 0 amide bonds. The number of nitrogens with zero attached hydrogens (tertiary/aromatic N) is 1. The molecule has 1 aromatic rings. The molecule has 1 fully saturated rings. The fourth-order valence-electron chi connectivity index (χ4n) is 2.23. The van der Waals surface area contributed by atoms with Gasteiger partial charge < -0.3 is 5.11 Å². The summed E-state index contributed by atoms with van der Waals surface area (Å²) in [4.78, 5) is 1.79. The van der Waals surface area contributed by atoms with Gasteiger partial charge in [-0.3, -0.25) is 4.90 Å². The molecule has 0 bridgehead atoms. The average Bonchev–Trinajstić information content (AvgIpc) is 2.55. The van der Waals surface area contributed by atoms with E-state index in [9.17, 15) is 17.9 Å². The molecule has 18 heavy (non-hydrogen) atoms.